The minimum Gasteiger partial charge on any atom is -0.461 e. The number of thiazole rings is 1. The van der Waals surface area contributed by atoms with Crippen molar-refractivity contribution in [2.45, 2.75) is 6.92 Å². The van der Waals surface area contributed by atoms with Gasteiger partial charge in [0.1, 0.15) is 5.69 Å². The fraction of sp³-hybridized carbons (Fsp3) is 0.154. The van der Waals surface area contributed by atoms with Gasteiger partial charge in [-0.05, 0) is 19.1 Å². The Morgan fingerprint density at radius 1 is 1.38 bits per heavy atom. The lowest BCUT2D eigenvalue weighted by Crippen LogP contribution is -2.14. The van der Waals surface area contributed by atoms with Gasteiger partial charge in [-0.2, -0.15) is 0 Å². The molecule has 1 aromatic carbocycles. The third-order valence-electron chi connectivity index (χ3n) is 2.39. The van der Waals surface area contributed by atoms with Crippen LogP contribution in [0, 0.1) is 11.6 Å². The van der Waals surface area contributed by atoms with E-state index in [1.54, 1.807) is 6.92 Å². The number of esters is 1. The van der Waals surface area contributed by atoms with Crippen molar-refractivity contribution in [1.82, 2.24) is 4.98 Å². The highest BCUT2D eigenvalue weighted by Gasteiger charge is 2.18. The number of carbonyl (C=O) groups excluding carboxylic acids is 2. The van der Waals surface area contributed by atoms with Gasteiger partial charge in [0.25, 0.3) is 5.91 Å². The van der Waals surface area contributed by atoms with Crippen LogP contribution in [0.5, 0.6) is 0 Å². The van der Waals surface area contributed by atoms with Gasteiger partial charge in [0, 0.05) is 5.38 Å². The maximum atomic E-state index is 13.4. The highest BCUT2D eigenvalue weighted by atomic mass is 32.1. The fourth-order valence-corrected chi connectivity index (χ4v) is 2.14. The molecule has 0 aliphatic heterocycles. The Bertz CT molecular complexity index is 688. The van der Waals surface area contributed by atoms with E-state index < -0.39 is 23.5 Å². The van der Waals surface area contributed by atoms with E-state index in [9.17, 15) is 18.4 Å². The molecule has 0 atom stereocenters. The van der Waals surface area contributed by atoms with Crippen molar-refractivity contribution in [3.05, 3.63) is 45.9 Å². The zero-order chi connectivity index (χ0) is 15.4. The van der Waals surface area contributed by atoms with Gasteiger partial charge < -0.3 is 10.1 Å². The van der Waals surface area contributed by atoms with E-state index >= 15 is 0 Å². The molecule has 0 aliphatic carbocycles. The van der Waals surface area contributed by atoms with Crippen LogP contribution in [-0.4, -0.2) is 23.5 Å². The number of hydrogen-bond acceptors (Lipinski definition) is 5. The summed E-state index contributed by atoms with van der Waals surface area (Å²) in [5.41, 5.74) is -0.377. The zero-order valence-electron chi connectivity index (χ0n) is 10.9. The maximum Gasteiger partial charge on any atom is 0.367 e. The Morgan fingerprint density at radius 3 is 2.86 bits per heavy atom. The van der Waals surface area contributed by atoms with Crippen molar-refractivity contribution in [1.29, 1.82) is 0 Å². The summed E-state index contributed by atoms with van der Waals surface area (Å²) in [5, 5.41) is 3.54. The molecule has 8 heteroatoms. The van der Waals surface area contributed by atoms with E-state index in [-0.39, 0.29) is 23.0 Å². The smallest absolute Gasteiger partial charge is 0.367 e. The first-order valence-electron chi connectivity index (χ1n) is 5.91. The number of ether oxygens (including phenoxy) is 1. The molecule has 110 valence electrons. The number of carbonyl (C=O) groups is 2. The van der Waals surface area contributed by atoms with Crippen LogP contribution in [-0.2, 0) is 4.74 Å². The summed E-state index contributed by atoms with van der Waals surface area (Å²) in [4.78, 5) is 27.1. The van der Waals surface area contributed by atoms with E-state index in [1.807, 2.05) is 0 Å². The van der Waals surface area contributed by atoms with Gasteiger partial charge in [-0.3, -0.25) is 4.79 Å². The number of benzene rings is 1. The van der Waals surface area contributed by atoms with Gasteiger partial charge in [0.15, 0.2) is 11.6 Å². The van der Waals surface area contributed by atoms with Crippen LogP contribution in [0.15, 0.2) is 23.6 Å². The molecule has 1 amide bonds. The van der Waals surface area contributed by atoms with E-state index in [4.69, 9.17) is 4.74 Å². The minimum absolute atomic E-state index is 0.0155. The molecule has 1 heterocycles. The van der Waals surface area contributed by atoms with E-state index in [1.165, 1.54) is 17.5 Å². The molecule has 0 radical (unpaired) electrons. The second-order valence-corrected chi connectivity index (χ2v) is 4.67. The predicted octanol–water partition coefficient (Wildman–Crippen LogP) is 2.85. The second-order valence-electron chi connectivity index (χ2n) is 3.81. The molecule has 2 rings (SSSR count). The van der Waals surface area contributed by atoms with Crippen LogP contribution in [0.25, 0.3) is 0 Å². The number of halogens is 2. The first-order valence-corrected chi connectivity index (χ1v) is 6.79. The summed E-state index contributed by atoms with van der Waals surface area (Å²) in [6.07, 6.45) is 0. The van der Waals surface area contributed by atoms with Crippen LogP contribution in [0.4, 0.5) is 14.5 Å². The lowest BCUT2D eigenvalue weighted by atomic mass is 10.3. The Kier molecular flexibility index (Phi) is 4.59. The van der Waals surface area contributed by atoms with Crippen molar-refractivity contribution in [3.63, 3.8) is 0 Å². The number of hydrogen-bond donors (Lipinski definition) is 1. The van der Waals surface area contributed by atoms with Gasteiger partial charge in [-0.1, -0.05) is 6.07 Å². The zero-order valence-corrected chi connectivity index (χ0v) is 11.7. The molecule has 0 saturated carbocycles. The molecule has 0 saturated heterocycles. The summed E-state index contributed by atoms with van der Waals surface area (Å²) in [5.74, 6) is -3.62. The lowest BCUT2D eigenvalue weighted by molar-refractivity contribution is 0.0526. The van der Waals surface area contributed by atoms with Gasteiger partial charge >= 0.3 is 5.97 Å². The molecule has 5 nitrogen and oxygen atoms in total. The largest absolute Gasteiger partial charge is 0.461 e. The van der Waals surface area contributed by atoms with E-state index in [2.05, 4.69) is 10.3 Å². The van der Waals surface area contributed by atoms with Crippen LogP contribution < -0.4 is 5.32 Å². The van der Waals surface area contributed by atoms with Crippen LogP contribution in [0.1, 0.15) is 27.2 Å². The van der Waals surface area contributed by atoms with E-state index in [0.29, 0.717) is 0 Å². The Morgan fingerprint density at radius 2 is 2.14 bits per heavy atom. The van der Waals surface area contributed by atoms with Gasteiger partial charge in [-0.25, -0.2) is 18.6 Å². The summed E-state index contributed by atoms with van der Waals surface area (Å²) >= 11 is 0.930. The molecule has 1 aromatic heterocycles. The summed E-state index contributed by atoms with van der Waals surface area (Å²) < 4.78 is 31.2. The first kappa shape index (κ1) is 15.0. The molecular weight excluding hydrogens is 302 g/mol. The number of amides is 1. The van der Waals surface area contributed by atoms with Crippen LogP contribution in [0.3, 0.4) is 0 Å². The molecular formula is C13H10F2N2O3S. The fourth-order valence-electron chi connectivity index (χ4n) is 1.45. The van der Waals surface area contributed by atoms with Gasteiger partial charge in [0.2, 0.25) is 5.01 Å². The van der Waals surface area contributed by atoms with Crippen LogP contribution >= 0.6 is 11.3 Å². The van der Waals surface area contributed by atoms with Crippen LogP contribution in [0.2, 0.25) is 0 Å². The monoisotopic (exact) mass is 312 g/mol. The average Bonchev–Trinajstić information content (AvgIpc) is 2.94. The van der Waals surface area contributed by atoms with Crippen molar-refractivity contribution in [2.75, 3.05) is 11.9 Å². The number of nitrogens with zero attached hydrogens (tertiary/aromatic N) is 1. The number of nitrogens with one attached hydrogen (secondary N) is 1. The third-order valence-corrected chi connectivity index (χ3v) is 3.21. The highest BCUT2D eigenvalue weighted by Crippen LogP contribution is 2.18. The summed E-state index contributed by atoms with van der Waals surface area (Å²) in [6, 6.07) is 3.42. The molecule has 0 aliphatic rings. The van der Waals surface area contributed by atoms with Crippen molar-refractivity contribution >= 4 is 28.9 Å². The number of rotatable bonds is 4. The molecule has 2 aromatic rings. The molecule has 0 spiro atoms. The number of aromatic nitrogens is 1. The van der Waals surface area contributed by atoms with Crippen molar-refractivity contribution < 1.29 is 23.1 Å². The maximum absolute atomic E-state index is 13.4. The first-order chi connectivity index (χ1) is 10.0. The topological polar surface area (TPSA) is 68.3 Å². The third kappa shape index (κ3) is 3.40. The standard InChI is InChI=1S/C13H10F2N2O3S/c1-2-20-13(19)12-17-9(6-21-12)11(18)16-8-5-3-4-7(14)10(8)15/h3-6H,2H2,1H3,(H,16,18). The molecule has 0 unspecified atom stereocenters. The molecule has 21 heavy (non-hydrogen) atoms. The molecule has 0 bridgehead atoms. The molecule has 1 N–H and O–H groups in total. The Hall–Kier alpha value is -2.35. The van der Waals surface area contributed by atoms with Crippen molar-refractivity contribution in [2.24, 2.45) is 0 Å². The molecule has 0 fully saturated rings. The quantitative estimate of drug-likeness (QED) is 0.882. The summed E-state index contributed by atoms with van der Waals surface area (Å²) in [7, 11) is 0. The SMILES string of the molecule is CCOC(=O)c1nc(C(=O)Nc2cccc(F)c2F)cs1. The Balaban J connectivity index is 2.14. The average molecular weight is 312 g/mol. The minimum atomic E-state index is -1.16. The second kappa shape index (κ2) is 6.40. The Labute approximate surface area is 122 Å². The van der Waals surface area contributed by atoms with Gasteiger partial charge in [-0.15, -0.1) is 11.3 Å². The van der Waals surface area contributed by atoms with Gasteiger partial charge in [0.05, 0.1) is 12.3 Å². The van der Waals surface area contributed by atoms with E-state index in [0.717, 1.165) is 17.4 Å². The highest BCUT2D eigenvalue weighted by molar-refractivity contribution is 7.11. The number of anilines is 1. The summed E-state index contributed by atoms with van der Waals surface area (Å²) in [6.45, 7) is 1.83. The predicted molar refractivity (Wildman–Crippen MR) is 72.4 cm³/mol. The van der Waals surface area contributed by atoms with Crippen molar-refractivity contribution in [3.8, 4) is 0 Å². The normalized spacial score (nSPS) is 10.2. The lowest BCUT2D eigenvalue weighted by Gasteiger charge is -2.04.